The Hall–Kier alpha value is -1.26. The molecule has 1 rings (SSSR count). The lowest BCUT2D eigenvalue weighted by Crippen LogP contribution is -2.52. The Labute approximate surface area is 128 Å². The first kappa shape index (κ1) is 17.8. The normalized spacial score (nSPS) is 22.0. The first-order valence-corrected chi connectivity index (χ1v) is 8.31. The van der Waals surface area contributed by atoms with Crippen molar-refractivity contribution in [3.63, 3.8) is 0 Å². The van der Waals surface area contributed by atoms with Crippen LogP contribution in [0.1, 0.15) is 59.3 Å². The average Bonchev–Trinajstić information content (AvgIpc) is 2.45. The lowest BCUT2D eigenvalue weighted by Gasteiger charge is -2.38. The summed E-state index contributed by atoms with van der Waals surface area (Å²) in [6, 6.07) is 0.0143. The van der Waals surface area contributed by atoms with Gasteiger partial charge in [0.2, 0.25) is 5.91 Å². The van der Waals surface area contributed by atoms with Crippen molar-refractivity contribution < 1.29 is 14.3 Å². The zero-order chi connectivity index (χ0) is 15.7. The maximum atomic E-state index is 12.2. The van der Waals surface area contributed by atoms with E-state index in [0.29, 0.717) is 25.5 Å². The number of hydrogen-bond donors (Lipinski definition) is 1. The van der Waals surface area contributed by atoms with Gasteiger partial charge in [-0.15, -0.1) is 0 Å². The molecule has 1 aliphatic heterocycles. The highest BCUT2D eigenvalue weighted by Gasteiger charge is 2.30. The van der Waals surface area contributed by atoms with Crippen molar-refractivity contribution in [3.8, 4) is 0 Å². The highest BCUT2D eigenvalue weighted by molar-refractivity contribution is 5.76. The summed E-state index contributed by atoms with van der Waals surface area (Å²) in [6.07, 6.45) is 5.48. The van der Waals surface area contributed by atoms with Gasteiger partial charge in [0.25, 0.3) is 0 Å². The standard InChI is InChI=1S/C16H30N2O3/c1-4-7-9-13-10-14(17-16(20)21-6-3)12-18(11-13)15(19)8-5-2/h13-14H,4-12H2,1-3H3,(H,17,20). The van der Waals surface area contributed by atoms with Crippen LogP contribution in [-0.2, 0) is 9.53 Å². The van der Waals surface area contributed by atoms with Gasteiger partial charge in [0.1, 0.15) is 0 Å². The molecule has 0 saturated carbocycles. The fraction of sp³-hybridized carbons (Fsp3) is 0.875. The van der Waals surface area contributed by atoms with Crippen LogP contribution in [0.2, 0.25) is 0 Å². The van der Waals surface area contributed by atoms with Gasteiger partial charge in [0.15, 0.2) is 0 Å². The molecule has 1 saturated heterocycles. The largest absolute Gasteiger partial charge is 0.450 e. The first-order chi connectivity index (χ1) is 10.1. The van der Waals surface area contributed by atoms with Crippen molar-refractivity contribution >= 4 is 12.0 Å². The SMILES string of the molecule is CCCCC1CC(NC(=O)OCC)CN(C(=O)CCC)C1. The van der Waals surface area contributed by atoms with Crippen molar-refractivity contribution in [3.05, 3.63) is 0 Å². The van der Waals surface area contributed by atoms with Gasteiger partial charge in [-0.2, -0.15) is 0 Å². The van der Waals surface area contributed by atoms with E-state index in [0.717, 1.165) is 32.2 Å². The van der Waals surface area contributed by atoms with E-state index in [1.54, 1.807) is 6.92 Å². The monoisotopic (exact) mass is 298 g/mol. The molecule has 5 heteroatoms. The summed E-state index contributed by atoms with van der Waals surface area (Å²) >= 11 is 0. The maximum absolute atomic E-state index is 12.2. The number of carbonyl (C=O) groups is 2. The molecule has 0 aromatic carbocycles. The Bertz CT molecular complexity index is 333. The molecule has 2 atom stereocenters. The van der Waals surface area contributed by atoms with E-state index in [4.69, 9.17) is 4.74 Å². The summed E-state index contributed by atoms with van der Waals surface area (Å²) in [7, 11) is 0. The van der Waals surface area contributed by atoms with Crippen molar-refractivity contribution in [1.29, 1.82) is 0 Å². The third kappa shape index (κ3) is 6.36. The van der Waals surface area contributed by atoms with Crippen LogP contribution < -0.4 is 5.32 Å². The molecular weight excluding hydrogens is 268 g/mol. The Morgan fingerprint density at radius 1 is 1.19 bits per heavy atom. The Morgan fingerprint density at radius 3 is 2.57 bits per heavy atom. The van der Waals surface area contributed by atoms with Crippen LogP contribution in [0.25, 0.3) is 0 Å². The zero-order valence-electron chi connectivity index (χ0n) is 13.7. The van der Waals surface area contributed by atoms with Crippen molar-refractivity contribution in [2.24, 2.45) is 5.92 Å². The average molecular weight is 298 g/mol. The van der Waals surface area contributed by atoms with Crippen molar-refractivity contribution in [1.82, 2.24) is 10.2 Å². The number of alkyl carbamates (subject to hydrolysis) is 1. The minimum atomic E-state index is -0.374. The quantitative estimate of drug-likeness (QED) is 0.786. The van der Waals surface area contributed by atoms with Gasteiger partial charge in [0, 0.05) is 19.5 Å². The van der Waals surface area contributed by atoms with Crippen LogP contribution in [0, 0.1) is 5.92 Å². The van der Waals surface area contributed by atoms with Crippen LogP contribution in [0.15, 0.2) is 0 Å². The van der Waals surface area contributed by atoms with Crippen molar-refractivity contribution in [2.75, 3.05) is 19.7 Å². The number of nitrogens with one attached hydrogen (secondary N) is 1. The zero-order valence-corrected chi connectivity index (χ0v) is 13.7. The summed E-state index contributed by atoms with van der Waals surface area (Å²) < 4.78 is 4.95. The second-order valence-electron chi connectivity index (χ2n) is 5.85. The number of hydrogen-bond acceptors (Lipinski definition) is 3. The predicted octanol–water partition coefficient (Wildman–Crippen LogP) is 2.94. The molecule has 0 aromatic rings. The molecule has 0 bridgehead atoms. The number of piperidine rings is 1. The van der Waals surface area contributed by atoms with Crippen LogP contribution in [0.3, 0.4) is 0 Å². The molecule has 21 heavy (non-hydrogen) atoms. The topological polar surface area (TPSA) is 58.6 Å². The molecule has 0 aromatic heterocycles. The highest BCUT2D eigenvalue weighted by atomic mass is 16.5. The number of carbonyl (C=O) groups excluding carboxylic acids is 2. The van der Waals surface area contributed by atoms with E-state index in [-0.39, 0.29) is 18.0 Å². The molecular formula is C16H30N2O3. The predicted molar refractivity (Wildman–Crippen MR) is 83.1 cm³/mol. The molecule has 5 nitrogen and oxygen atoms in total. The molecule has 1 fully saturated rings. The summed E-state index contributed by atoms with van der Waals surface area (Å²) in [5.74, 6) is 0.681. The smallest absolute Gasteiger partial charge is 0.407 e. The summed E-state index contributed by atoms with van der Waals surface area (Å²) in [5.41, 5.74) is 0. The second kappa shape index (κ2) is 9.64. The summed E-state index contributed by atoms with van der Waals surface area (Å²) in [4.78, 5) is 25.7. The fourth-order valence-electron chi connectivity index (χ4n) is 2.93. The van der Waals surface area contributed by atoms with Gasteiger partial charge >= 0.3 is 6.09 Å². The van der Waals surface area contributed by atoms with Gasteiger partial charge in [-0.3, -0.25) is 4.79 Å². The number of rotatable bonds is 7. The number of ether oxygens (including phenoxy) is 1. The fourth-order valence-corrected chi connectivity index (χ4v) is 2.93. The van der Waals surface area contributed by atoms with Crippen LogP contribution in [0.5, 0.6) is 0 Å². The molecule has 1 aliphatic rings. The molecule has 0 aliphatic carbocycles. The third-order valence-corrected chi connectivity index (χ3v) is 3.92. The van der Waals surface area contributed by atoms with Crippen LogP contribution in [-0.4, -0.2) is 42.6 Å². The molecule has 2 unspecified atom stereocenters. The third-order valence-electron chi connectivity index (χ3n) is 3.92. The van der Waals surface area contributed by atoms with E-state index in [2.05, 4.69) is 12.2 Å². The van der Waals surface area contributed by atoms with Gasteiger partial charge < -0.3 is 15.0 Å². The summed E-state index contributed by atoms with van der Waals surface area (Å²) in [6.45, 7) is 7.81. The molecule has 0 spiro atoms. The van der Waals surface area contributed by atoms with Gasteiger partial charge in [-0.25, -0.2) is 4.79 Å². The number of likely N-dealkylation sites (tertiary alicyclic amines) is 1. The minimum absolute atomic E-state index is 0.0143. The van der Waals surface area contributed by atoms with Crippen LogP contribution in [0.4, 0.5) is 4.79 Å². The van der Waals surface area contributed by atoms with E-state index in [9.17, 15) is 9.59 Å². The molecule has 122 valence electrons. The van der Waals surface area contributed by atoms with E-state index in [1.807, 2.05) is 11.8 Å². The van der Waals surface area contributed by atoms with Gasteiger partial charge in [-0.1, -0.05) is 26.7 Å². The highest BCUT2D eigenvalue weighted by Crippen LogP contribution is 2.23. The Kier molecular flexibility index (Phi) is 8.16. The number of unbranched alkanes of at least 4 members (excludes halogenated alkanes) is 1. The van der Waals surface area contributed by atoms with E-state index in [1.165, 1.54) is 6.42 Å². The Morgan fingerprint density at radius 2 is 1.95 bits per heavy atom. The van der Waals surface area contributed by atoms with Gasteiger partial charge in [0.05, 0.1) is 12.6 Å². The number of nitrogens with zero attached hydrogens (tertiary/aromatic N) is 1. The molecule has 1 N–H and O–H groups in total. The Balaban J connectivity index is 2.60. The second-order valence-corrected chi connectivity index (χ2v) is 5.85. The van der Waals surface area contributed by atoms with E-state index >= 15 is 0 Å². The summed E-state index contributed by atoms with van der Waals surface area (Å²) in [5, 5.41) is 2.90. The minimum Gasteiger partial charge on any atom is -0.450 e. The molecule has 2 amide bonds. The van der Waals surface area contributed by atoms with Crippen LogP contribution >= 0.6 is 0 Å². The molecule has 0 radical (unpaired) electrons. The van der Waals surface area contributed by atoms with Crippen molar-refractivity contribution in [2.45, 2.75) is 65.3 Å². The number of amides is 2. The molecule has 1 heterocycles. The first-order valence-electron chi connectivity index (χ1n) is 8.31. The lowest BCUT2D eigenvalue weighted by atomic mass is 9.89. The lowest BCUT2D eigenvalue weighted by molar-refractivity contribution is -0.133. The van der Waals surface area contributed by atoms with E-state index < -0.39 is 0 Å². The maximum Gasteiger partial charge on any atom is 0.407 e. The van der Waals surface area contributed by atoms with Gasteiger partial charge in [-0.05, 0) is 32.1 Å².